The summed E-state index contributed by atoms with van der Waals surface area (Å²) in [4.78, 5) is 29.0. The van der Waals surface area contributed by atoms with E-state index >= 15 is 0 Å². The van der Waals surface area contributed by atoms with Crippen molar-refractivity contribution in [2.45, 2.75) is 44.5 Å². The van der Waals surface area contributed by atoms with Crippen molar-refractivity contribution in [3.05, 3.63) is 71.9 Å². The number of rotatable bonds is 7. The molecular formula is C25H28BN5O7S. The first-order valence-corrected chi connectivity index (χ1v) is 13.4. The molecule has 0 unspecified atom stereocenters. The summed E-state index contributed by atoms with van der Waals surface area (Å²) >= 11 is 0. The number of carbonyl (C=O) groups excluding carboxylic acids is 2. The van der Waals surface area contributed by atoms with Gasteiger partial charge in [0.1, 0.15) is 6.61 Å². The van der Waals surface area contributed by atoms with Gasteiger partial charge >= 0.3 is 19.2 Å². The summed E-state index contributed by atoms with van der Waals surface area (Å²) in [6, 6.07) is 14.2. The minimum absolute atomic E-state index is 0.0262. The van der Waals surface area contributed by atoms with E-state index in [2.05, 4.69) is 25.7 Å². The van der Waals surface area contributed by atoms with Crippen LogP contribution in [0.2, 0.25) is 0 Å². The quantitative estimate of drug-likeness (QED) is 0.279. The largest absolute Gasteiger partial charge is 0.491 e. The second-order valence-corrected chi connectivity index (χ2v) is 11.4. The Labute approximate surface area is 226 Å². The van der Waals surface area contributed by atoms with Crippen LogP contribution in [0.3, 0.4) is 0 Å². The van der Waals surface area contributed by atoms with E-state index in [9.17, 15) is 23.0 Å². The molecule has 0 fully saturated rings. The van der Waals surface area contributed by atoms with E-state index in [-0.39, 0.29) is 30.3 Å². The van der Waals surface area contributed by atoms with Gasteiger partial charge in [0.2, 0.25) is 0 Å². The summed E-state index contributed by atoms with van der Waals surface area (Å²) in [6.45, 7) is 5.45. The zero-order valence-electron chi connectivity index (χ0n) is 21.5. The molecule has 0 radical (unpaired) electrons. The highest BCUT2D eigenvalue weighted by atomic mass is 32.2. The van der Waals surface area contributed by atoms with Crippen LogP contribution in [-0.2, 0) is 32.6 Å². The Balaban J connectivity index is 1.56. The number of amides is 3. The van der Waals surface area contributed by atoms with Gasteiger partial charge in [-0.05, 0) is 55.6 Å². The van der Waals surface area contributed by atoms with E-state index in [4.69, 9.17) is 9.39 Å². The number of sulfonamides is 1. The summed E-state index contributed by atoms with van der Waals surface area (Å²) in [7, 11) is -5.37. The number of hydrogen-bond donors (Lipinski definition) is 5. The van der Waals surface area contributed by atoms with Crippen LogP contribution in [0.5, 0.6) is 0 Å². The van der Waals surface area contributed by atoms with Gasteiger partial charge in [-0.25, -0.2) is 14.6 Å². The van der Waals surface area contributed by atoms with Crippen molar-refractivity contribution < 1.29 is 32.4 Å². The van der Waals surface area contributed by atoms with Gasteiger partial charge in [-0.1, -0.05) is 36.4 Å². The first-order valence-electron chi connectivity index (χ1n) is 11.9. The Morgan fingerprint density at radius 2 is 1.82 bits per heavy atom. The van der Waals surface area contributed by atoms with E-state index in [0.29, 0.717) is 11.0 Å². The zero-order valence-corrected chi connectivity index (χ0v) is 22.3. The topological polar surface area (TPSA) is 168 Å². The minimum Gasteiger partial charge on any atom is -0.444 e. The van der Waals surface area contributed by atoms with E-state index in [0.717, 1.165) is 11.8 Å². The molecule has 0 atom stereocenters. The number of nitrogens with zero attached hydrogens (tertiary/aromatic N) is 1. The number of urea groups is 1. The van der Waals surface area contributed by atoms with Gasteiger partial charge in [0.25, 0.3) is 10.0 Å². The van der Waals surface area contributed by atoms with E-state index < -0.39 is 39.8 Å². The average Bonchev–Trinajstić information content (AvgIpc) is 3.21. The van der Waals surface area contributed by atoms with Crippen molar-refractivity contribution in [1.82, 2.24) is 10.3 Å². The van der Waals surface area contributed by atoms with Crippen LogP contribution in [0, 0.1) is 0 Å². The number of hydrogen-bond acceptors (Lipinski definition) is 8. The second-order valence-electron chi connectivity index (χ2n) is 9.78. The van der Waals surface area contributed by atoms with Crippen molar-refractivity contribution in [3.8, 4) is 0 Å². The van der Waals surface area contributed by atoms with E-state index in [1.54, 1.807) is 45.0 Å². The number of benzene rings is 2. The predicted octanol–water partition coefficient (Wildman–Crippen LogP) is 2.77. The summed E-state index contributed by atoms with van der Waals surface area (Å²) in [5.74, 6) is 0. The Bertz CT molecular complexity index is 1480. The Hall–Kier alpha value is -4.14. The number of anilines is 3. The zero-order chi connectivity index (χ0) is 28.2. The Morgan fingerprint density at radius 1 is 1.08 bits per heavy atom. The van der Waals surface area contributed by atoms with Crippen LogP contribution in [-0.4, -0.2) is 43.2 Å². The molecule has 2 aromatic carbocycles. The number of pyridine rings is 1. The third-order valence-electron chi connectivity index (χ3n) is 5.36. The molecule has 0 bridgehead atoms. The van der Waals surface area contributed by atoms with Gasteiger partial charge in [-0.3, -0.25) is 10.0 Å². The maximum absolute atomic E-state index is 13.3. The number of nitrogens with one attached hydrogen (secondary N) is 4. The second kappa shape index (κ2) is 11.3. The highest BCUT2D eigenvalue weighted by Crippen LogP contribution is 2.26. The van der Waals surface area contributed by atoms with Gasteiger partial charge in [0.05, 0.1) is 24.2 Å². The van der Waals surface area contributed by atoms with Crippen LogP contribution in [0.15, 0.2) is 65.8 Å². The Kier molecular flexibility index (Phi) is 8.09. The smallest absolute Gasteiger partial charge is 0.444 e. The molecule has 0 aliphatic carbocycles. The van der Waals surface area contributed by atoms with Crippen molar-refractivity contribution in [2.24, 2.45) is 0 Å². The van der Waals surface area contributed by atoms with Gasteiger partial charge in [-0.2, -0.15) is 8.42 Å². The SMILES string of the molecule is CC(C)(C)NC(=O)Nc1cc(NC(=O)OCc2ccccc2)cnc1S(=O)(=O)Nc1ccc2c(c1)COB2O. The summed E-state index contributed by atoms with van der Waals surface area (Å²) in [5.41, 5.74) is 1.49. The number of ether oxygens (including phenoxy) is 1. The van der Waals surface area contributed by atoms with Crippen molar-refractivity contribution in [3.63, 3.8) is 0 Å². The standard InChI is InChI=1S/C25H28BN5O7S/c1-25(2,3)30-23(32)29-21-12-19(28-24(33)37-14-16-7-5-4-6-8-16)13-27-22(21)39(35,36)31-18-9-10-20-17(11-18)15-38-26(20)34/h4-13,31,34H,14-15H2,1-3H3,(H,28,33)(H2,29,30,32). The van der Waals surface area contributed by atoms with Crippen molar-refractivity contribution in [2.75, 3.05) is 15.4 Å². The molecule has 12 nitrogen and oxygen atoms in total. The average molecular weight is 553 g/mol. The maximum atomic E-state index is 13.3. The van der Waals surface area contributed by atoms with Gasteiger partial charge in [0, 0.05) is 11.2 Å². The molecule has 3 aromatic rings. The number of aromatic nitrogens is 1. The molecular weight excluding hydrogens is 525 g/mol. The van der Waals surface area contributed by atoms with Crippen LogP contribution < -0.4 is 26.1 Å². The summed E-state index contributed by atoms with van der Waals surface area (Å²) in [5, 5.41) is 17.0. The van der Waals surface area contributed by atoms with Crippen molar-refractivity contribution in [1.29, 1.82) is 0 Å². The lowest BCUT2D eigenvalue weighted by molar-refractivity contribution is 0.155. The monoisotopic (exact) mass is 553 g/mol. The summed E-state index contributed by atoms with van der Waals surface area (Å²) in [6.07, 6.45) is 0.347. The third-order valence-corrected chi connectivity index (χ3v) is 6.70. The van der Waals surface area contributed by atoms with Crippen LogP contribution in [0.25, 0.3) is 0 Å². The maximum Gasteiger partial charge on any atom is 0.491 e. The molecule has 204 valence electrons. The highest BCUT2D eigenvalue weighted by molar-refractivity contribution is 7.92. The Morgan fingerprint density at radius 3 is 2.54 bits per heavy atom. The van der Waals surface area contributed by atoms with Gasteiger partial charge in [0.15, 0.2) is 5.03 Å². The van der Waals surface area contributed by atoms with Gasteiger partial charge < -0.3 is 25.0 Å². The van der Waals surface area contributed by atoms with E-state index in [1.165, 1.54) is 12.1 Å². The van der Waals surface area contributed by atoms with Crippen LogP contribution >= 0.6 is 0 Å². The molecule has 39 heavy (non-hydrogen) atoms. The predicted molar refractivity (Wildman–Crippen MR) is 146 cm³/mol. The summed E-state index contributed by atoms with van der Waals surface area (Å²) < 4.78 is 39.4. The molecule has 1 aliphatic heterocycles. The molecule has 5 N–H and O–H groups in total. The molecule has 1 aromatic heterocycles. The minimum atomic E-state index is -4.31. The first-order chi connectivity index (χ1) is 18.4. The molecule has 2 heterocycles. The lowest BCUT2D eigenvalue weighted by atomic mass is 9.79. The third kappa shape index (κ3) is 7.47. The normalized spacial score (nSPS) is 12.9. The lowest BCUT2D eigenvalue weighted by Crippen LogP contribution is -2.43. The molecule has 0 saturated heterocycles. The first kappa shape index (κ1) is 27.9. The number of fused-ring (bicyclic) bond motifs is 1. The van der Waals surface area contributed by atoms with Gasteiger partial charge in [-0.15, -0.1) is 0 Å². The highest BCUT2D eigenvalue weighted by Gasteiger charge is 2.29. The van der Waals surface area contributed by atoms with Crippen molar-refractivity contribution >= 4 is 51.8 Å². The number of carbonyl (C=O) groups is 2. The molecule has 0 saturated carbocycles. The van der Waals surface area contributed by atoms with Crippen LogP contribution in [0.1, 0.15) is 31.9 Å². The lowest BCUT2D eigenvalue weighted by Gasteiger charge is -2.21. The molecule has 1 aliphatic rings. The van der Waals surface area contributed by atoms with Crippen LogP contribution in [0.4, 0.5) is 26.7 Å². The fraction of sp³-hybridized carbons (Fsp3) is 0.240. The van der Waals surface area contributed by atoms with E-state index in [1.807, 2.05) is 18.2 Å². The molecule has 14 heteroatoms. The molecule has 0 spiro atoms. The fourth-order valence-corrected chi connectivity index (χ4v) is 4.82. The fourth-order valence-electron chi connectivity index (χ4n) is 3.69. The molecule has 3 amide bonds. The molecule has 4 rings (SSSR count).